The number of halogens is 2. The Hall–Kier alpha value is -1.60. The molecule has 0 bridgehead atoms. The highest BCUT2D eigenvalue weighted by Gasteiger charge is 2.36. The number of hydrogen-bond donors (Lipinski definition) is 2. The molecule has 3 fully saturated rings. The van der Waals surface area contributed by atoms with Crippen LogP contribution >= 0.6 is 24.8 Å². The molecule has 1 aromatic heterocycles. The van der Waals surface area contributed by atoms with Crippen LogP contribution in [0.2, 0.25) is 0 Å². The summed E-state index contributed by atoms with van der Waals surface area (Å²) < 4.78 is 6.01. The third-order valence-corrected chi connectivity index (χ3v) is 7.45. The van der Waals surface area contributed by atoms with E-state index in [1.54, 1.807) is 0 Å². The van der Waals surface area contributed by atoms with E-state index in [-0.39, 0.29) is 24.8 Å². The lowest BCUT2D eigenvalue weighted by molar-refractivity contribution is 0.0258. The van der Waals surface area contributed by atoms with Gasteiger partial charge < -0.3 is 20.3 Å². The molecule has 0 amide bonds. The Morgan fingerprint density at radius 1 is 0.939 bits per heavy atom. The number of hydrogen-bond acceptors (Lipinski definition) is 6. The summed E-state index contributed by atoms with van der Waals surface area (Å²) in [5, 5.41) is 7.06. The maximum absolute atomic E-state index is 6.01. The first kappa shape index (κ1) is 24.5. The van der Waals surface area contributed by atoms with Crippen LogP contribution < -0.4 is 15.5 Å². The molecule has 4 aliphatic rings. The molecule has 1 unspecified atom stereocenters. The Balaban J connectivity index is 0.00000130. The van der Waals surface area contributed by atoms with Crippen molar-refractivity contribution >= 4 is 42.3 Å². The number of rotatable bonds is 5. The molecule has 1 atom stereocenters. The summed E-state index contributed by atoms with van der Waals surface area (Å²) in [6, 6.07) is 9.05. The Morgan fingerprint density at radius 2 is 1.73 bits per heavy atom. The average molecular weight is 492 g/mol. The number of fused-ring (bicyclic) bond motifs is 1. The lowest BCUT2D eigenvalue weighted by atomic mass is 9.84. The van der Waals surface area contributed by atoms with Gasteiger partial charge in [0, 0.05) is 37.4 Å². The Morgan fingerprint density at radius 3 is 2.48 bits per heavy atom. The highest BCUT2D eigenvalue weighted by molar-refractivity contribution is 5.85. The lowest BCUT2D eigenvalue weighted by Crippen LogP contribution is -2.44. The first-order chi connectivity index (χ1) is 15.3. The maximum atomic E-state index is 6.01. The summed E-state index contributed by atoms with van der Waals surface area (Å²) in [4.78, 5) is 12.2. The quantitative estimate of drug-likeness (QED) is 0.589. The Kier molecular flexibility index (Phi) is 8.00. The van der Waals surface area contributed by atoms with Gasteiger partial charge in [-0.3, -0.25) is 0 Å². The molecule has 8 heteroatoms. The lowest BCUT2D eigenvalue weighted by Gasteiger charge is -2.33. The number of morpholine rings is 1. The second-order valence-electron chi connectivity index (χ2n) is 9.68. The summed E-state index contributed by atoms with van der Waals surface area (Å²) in [5.74, 6) is 3.27. The molecular weight excluding hydrogens is 457 g/mol. The van der Waals surface area contributed by atoms with Gasteiger partial charge in [0.25, 0.3) is 0 Å². The highest BCUT2D eigenvalue weighted by Crippen LogP contribution is 2.37. The summed E-state index contributed by atoms with van der Waals surface area (Å²) in [6.45, 7) is 4.19. The molecule has 180 valence electrons. The van der Waals surface area contributed by atoms with Crippen molar-refractivity contribution in [3.63, 3.8) is 0 Å². The summed E-state index contributed by atoms with van der Waals surface area (Å²) in [5.41, 5.74) is 4.92. The first-order valence-corrected chi connectivity index (χ1v) is 12.2. The van der Waals surface area contributed by atoms with E-state index >= 15 is 0 Å². The molecule has 0 spiro atoms. The molecular formula is C25H35Cl2N5O. The third-order valence-electron chi connectivity index (χ3n) is 7.45. The minimum Gasteiger partial charge on any atom is -0.374 e. The van der Waals surface area contributed by atoms with Crippen molar-refractivity contribution in [2.75, 3.05) is 29.9 Å². The van der Waals surface area contributed by atoms with Crippen LogP contribution in [0.1, 0.15) is 67.7 Å². The van der Waals surface area contributed by atoms with Gasteiger partial charge in [-0.2, -0.15) is 4.98 Å². The van der Waals surface area contributed by atoms with Crippen molar-refractivity contribution in [2.45, 2.75) is 70.1 Å². The van der Waals surface area contributed by atoms with Gasteiger partial charge in [-0.1, -0.05) is 31.4 Å². The summed E-state index contributed by atoms with van der Waals surface area (Å²) in [6.07, 6.45) is 9.76. The average Bonchev–Trinajstić information content (AvgIpc) is 3.57. The smallest absolute Gasteiger partial charge is 0.227 e. The van der Waals surface area contributed by atoms with E-state index in [0.717, 1.165) is 67.8 Å². The van der Waals surface area contributed by atoms with Crippen LogP contribution in [0.25, 0.3) is 0 Å². The van der Waals surface area contributed by atoms with Gasteiger partial charge in [-0.05, 0) is 55.2 Å². The molecule has 2 aromatic rings. The van der Waals surface area contributed by atoms with E-state index in [1.807, 2.05) is 0 Å². The second-order valence-corrected chi connectivity index (χ2v) is 9.68. The van der Waals surface area contributed by atoms with E-state index < -0.39 is 0 Å². The fourth-order valence-corrected chi connectivity index (χ4v) is 5.42. The van der Waals surface area contributed by atoms with Crippen LogP contribution in [0.3, 0.4) is 0 Å². The fourth-order valence-electron chi connectivity index (χ4n) is 5.42. The van der Waals surface area contributed by atoms with Crippen molar-refractivity contribution < 1.29 is 4.74 Å². The van der Waals surface area contributed by atoms with Crippen LogP contribution in [-0.4, -0.2) is 35.8 Å². The maximum Gasteiger partial charge on any atom is 0.227 e. The predicted molar refractivity (Wildman–Crippen MR) is 137 cm³/mol. The highest BCUT2D eigenvalue weighted by atomic mass is 35.5. The SMILES string of the molecule is Cl.Cl.c1cc(C2CCCCC2)ccc1Nc1nc(N2CCOC(C3CC3)C2)nc2c1CNC2. The van der Waals surface area contributed by atoms with Gasteiger partial charge in [0.1, 0.15) is 5.82 Å². The second kappa shape index (κ2) is 10.8. The van der Waals surface area contributed by atoms with Crippen LogP contribution in [0.4, 0.5) is 17.5 Å². The van der Waals surface area contributed by atoms with E-state index in [9.17, 15) is 0 Å². The molecule has 1 aromatic carbocycles. The number of anilines is 3. The minimum atomic E-state index is 0. The van der Waals surface area contributed by atoms with Crippen LogP contribution in [0.5, 0.6) is 0 Å². The van der Waals surface area contributed by atoms with Gasteiger partial charge >= 0.3 is 0 Å². The molecule has 0 radical (unpaired) electrons. The number of aromatic nitrogens is 2. The van der Waals surface area contributed by atoms with Crippen molar-refractivity contribution in [2.24, 2.45) is 5.92 Å². The first-order valence-electron chi connectivity index (χ1n) is 12.2. The van der Waals surface area contributed by atoms with E-state index in [1.165, 1.54) is 56.1 Å². The van der Waals surface area contributed by atoms with Gasteiger partial charge in [0.15, 0.2) is 0 Å². The number of benzene rings is 1. The topological polar surface area (TPSA) is 62.3 Å². The molecule has 1 saturated heterocycles. The largest absolute Gasteiger partial charge is 0.374 e. The standard InChI is InChI=1S/C25H33N5O.2ClH/c1-2-4-17(5-3-1)18-8-10-20(11-9-18)27-24-21-14-26-15-22(21)28-25(29-24)30-12-13-31-23(16-30)19-6-7-19;;/h8-11,17,19,23,26H,1-7,12-16H2,(H,27,28,29);2*1H. The molecule has 3 heterocycles. The van der Waals surface area contributed by atoms with Crippen LogP contribution in [0, 0.1) is 5.92 Å². The Labute approximate surface area is 209 Å². The monoisotopic (exact) mass is 491 g/mol. The van der Waals surface area contributed by atoms with Crippen LogP contribution in [0.15, 0.2) is 24.3 Å². The molecule has 2 aliphatic heterocycles. The van der Waals surface area contributed by atoms with E-state index in [4.69, 9.17) is 14.7 Å². The van der Waals surface area contributed by atoms with E-state index in [2.05, 4.69) is 39.8 Å². The molecule has 2 aliphatic carbocycles. The number of ether oxygens (including phenoxy) is 1. The fraction of sp³-hybridized carbons (Fsp3) is 0.600. The zero-order valence-corrected chi connectivity index (χ0v) is 20.7. The molecule has 2 N–H and O–H groups in total. The van der Waals surface area contributed by atoms with Gasteiger partial charge in [-0.15, -0.1) is 24.8 Å². The zero-order chi connectivity index (χ0) is 20.6. The molecule has 6 rings (SSSR count). The van der Waals surface area contributed by atoms with Crippen molar-refractivity contribution in [1.82, 2.24) is 15.3 Å². The summed E-state index contributed by atoms with van der Waals surface area (Å²) in [7, 11) is 0. The molecule has 33 heavy (non-hydrogen) atoms. The summed E-state index contributed by atoms with van der Waals surface area (Å²) >= 11 is 0. The molecule has 6 nitrogen and oxygen atoms in total. The molecule has 2 saturated carbocycles. The van der Waals surface area contributed by atoms with Gasteiger partial charge in [0.2, 0.25) is 5.95 Å². The van der Waals surface area contributed by atoms with Crippen molar-refractivity contribution in [3.05, 3.63) is 41.1 Å². The van der Waals surface area contributed by atoms with Crippen LogP contribution in [-0.2, 0) is 17.8 Å². The third kappa shape index (κ3) is 5.40. The minimum absolute atomic E-state index is 0. The predicted octanol–water partition coefficient (Wildman–Crippen LogP) is 5.33. The Bertz CT molecular complexity index is 931. The van der Waals surface area contributed by atoms with E-state index in [0.29, 0.717) is 6.10 Å². The normalized spacial score (nSPS) is 22.8. The van der Waals surface area contributed by atoms with Crippen molar-refractivity contribution in [3.8, 4) is 0 Å². The number of nitrogens with one attached hydrogen (secondary N) is 2. The number of nitrogens with zero attached hydrogens (tertiary/aromatic N) is 3. The van der Waals surface area contributed by atoms with Crippen molar-refractivity contribution in [1.29, 1.82) is 0 Å². The van der Waals surface area contributed by atoms with Gasteiger partial charge in [0.05, 0.1) is 18.4 Å². The van der Waals surface area contributed by atoms with Gasteiger partial charge in [-0.25, -0.2) is 4.98 Å². The zero-order valence-electron chi connectivity index (χ0n) is 19.1.